The molecule has 0 heterocycles. The Balaban J connectivity index is 1.55. The van der Waals surface area contributed by atoms with Crippen molar-refractivity contribution in [2.45, 2.75) is 37.6 Å². The third-order valence-electron chi connectivity index (χ3n) is 6.61. The minimum atomic E-state index is -0.743. The van der Waals surface area contributed by atoms with Crippen LogP contribution in [-0.2, 0) is 37.0 Å². The lowest BCUT2D eigenvalue weighted by Crippen LogP contribution is -2.34. The fraction of sp³-hybridized carbons (Fsp3) is 0.194. The van der Waals surface area contributed by atoms with Gasteiger partial charge in [-0.3, -0.25) is 4.79 Å². The van der Waals surface area contributed by atoms with E-state index in [0.717, 1.165) is 42.5 Å². The van der Waals surface area contributed by atoms with Crippen LogP contribution in [0.4, 0.5) is 5.69 Å². The highest BCUT2D eigenvalue weighted by atomic mass is 35.5. The Bertz CT molecular complexity index is 1250. The summed E-state index contributed by atoms with van der Waals surface area (Å²) in [7, 11) is 0. The number of nitrogens with zero attached hydrogens (tertiary/aromatic N) is 1. The molecule has 8 rings (SSSR count). The predicted molar refractivity (Wildman–Crippen MR) is 140 cm³/mol. The first-order valence-corrected chi connectivity index (χ1v) is 12.3. The molecule has 4 aromatic rings. The maximum Gasteiger partial charge on any atom is 0.249 e. The first-order valence-electron chi connectivity index (χ1n) is 11.9. The summed E-state index contributed by atoms with van der Waals surface area (Å²) in [5.74, 6) is -0.0921. The first-order chi connectivity index (χ1) is 16.7. The van der Waals surface area contributed by atoms with Gasteiger partial charge >= 0.3 is 0 Å². The van der Waals surface area contributed by atoms with E-state index in [4.69, 9.17) is 11.6 Å². The largest absolute Gasteiger partial charge is 0.306 e. The van der Waals surface area contributed by atoms with Gasteiger partial charge in [-0.1, -0.05) is 97.1 Å². The highest BCUT2D eigenvalue weighted by Crippen LogP contribution is 2.32. The number of carbonyl (C=O) groups excluding carboxylic acids is 1. The molecule has 1 atom stereocenters. The fourth-order valence-electron chi connectivity index (χ4n) is 4.62. The second-order valence-electron chi connectivity index (χ2n) is 8.96. The summed E-state index contributed by atoms with van der Waals surface area (Å²) >= 11 is 6.79. The second kappa shape index (κ2) is 10.3. The molecule has 4 aromatic carbocycles. The Hall–Kier alpha value is -3.36. The van der Waals surface area contributed by atoms with Crippen LogP contribution < -0.4 is 4.90 Å². The van der Waals surface area contributed by atoms with Crippen LogP contribution in [0.1, 0.15) is 38.8 Å². The molecular weight excluding hydrogens is 438 g/mol. The minimum Gasteiger partial charge on any atom is -0.306 e. The van der Waals surface area contributed by atoms with E-state index in [2.05, 4.69) is 54.6 Å². The molecule has 170 valence electrons. The molecule has 0 saturated heterocycles. The number of carbonyl (C=O) groups is 1. The van der Waals surface area contributed by atoms with Crippen molar-refractivity contribution in [3.8, 4) is 0 Å². The van der Waals surface area contributed by atoms with Gasteiger partial charge in [-0.05, 0) is 65.1 Å². The summed E-state index contributed by atoms with van der Waals surface area (Å²) in [6.45, 7) is 0.486. The maximum atomic E-state index is 13.9. The van der Waals surface area contributed by atoms with E-state index < -0.39 is 5.38 Å². The monoisotopic (exact) mass is 465 g/mol. The molecular formula is C31H28ClNO. The standard InChI is InChI=1S/C31H28ClNO/c32-30(28-9-5-2-6-10-28)31(34)33(22-26-7-3-1-4-8-26)29-21-25-16-15-23-11-13-24(14-12-23)17-19-27(29)20-18-25/h1-14,18,20-21,30H,15-17,19,22H2. The van der Waals surface area contributed by atoms with Gasteiger partial charge in [-0.25, -0.2) is 0 Å². The Kier molecular flexibility index (Phi) is 6.78. The van der Waals surface area contributed by atoms with E-state index in [1.807, 2.05) is 53.4 Å². The van der Waals surface area contributed by atoms with Gasteiger partial charge in [0.2, 0.25) is 5.91 Å². The van der Waals surface area contributed by atoms with Gasteiger partial charge in [0.15, 0.2) is 0 Å². The fourth-order valence-corrected chi connectivity index (χ4v) is 4.88. The number of halogens is 1. The van der Waals surface area contributed by atoms with Crippen LogP contribution in [0.5, 0.6) is 0 Å². The van der Waals surface area contributed by atoms with Crippen molar-refractivity contribution in [2.75, 3.05) is 4.90 Å². The van der Waals surface area contributed by atoms with Crippen LogP contribution >= 0.6 is 11.6 Å². The number of rotatable bonds is 5. The number of hydrogen-bond acceptors (Lipinski definition) is 1. The molecule has 34 heavy (non-hydrogen) atoms. The number of benzene rings is 4. The molecule has 0 spiro atoms. The lowest BCUT2D eigenvalue weighted by molar-refractivity contribution is -0.118. The second-order valence-corrected chi connectivity index (χ2v) is 9.40. The van der Waals surface area contributed by atoms with Gasteiger partial charge in [0.25, 0.3) is 0 Å². The third-order valence-corrected chi connectivity index (χ3v) is 7.05. The van der Waals surface area contributed by atoms with Gasteiger partial charge in [0.1, 0.15) is 5.38 Å². The van der Waals surface area contributed by atoms with Gasteiger partial charge in [-0.2, -0.15) is 0 Å². The van der Waals surface area contributed by atoms with Gasteiger partial charge in [0, 0.05) is 5.69 Å². The molecule has 0 radical (unpaired) electrons. The topological polar surface area (TPSA) is 20.3 Å². The molecule has 0 fully saturated rings. The highest BCUT2D eigenvalue weighted by molar-refractivity contribution is 6.32. The molecule has 4 aliphatic rings. The van der Waals surface area contributed by atoms with Crippen LogP contribution in [-0.4, -0.2) is 5.91 Å². The number of alkyl halides is 1. The van der Waals surface area contributed by atoms with E-state index in [-0.39, 0.29) is 5.91 Å². The zero-order valence-corrected chi connectivity index (χ0v) is 19.9. The quantitative estimate of drug-likeness (QED) is 0.288. The van der Waals surface area contributed by atoms with Crippen LogP contribution in [0, 0.1) is 0 Å². The summed E-state index contributed by atoms with van der Waals surface area (Å²) in [5, 5.41) is -0.743. The molecule has 4 aliphatic carbocycles. The average Bonchev–Trinajstić information content (AvgIpc) is 2.89. The molecule has 2 nitrogen and oxygen atoms in total. The molecule has 0 aliphatic heterocycles. The number of hydrogen-bond donors (Lipinski definition) is 0. The maximum absolute atomic E-state index is 13.9. The molecule has 0 N–H and O–H groups in total. The molecule has 3 heteroatoms. The number of amides is 1. The van der Waals surface area contributed by atoms with Crippen LogP contribution in [0.3, 0.4) is 0 Å². The summed E-state index contributed by atoms with van der Waals surface area (Å²) in [6, 6.07) is 35.4. The lowest BCUT2D eigenvalue weighted by atomic mass is 9.94. The molecule has 1 unspecified atom stereocenters. The van der Waals surface area contributed by atoms with Crippen molar-refractivity contribution in [3.05, 3.63) is 137 Å². The molecule has 4 bridgehead atoms. The Morgan fingerprint density at radius 2 is 1.26 bits per heavy atom. The van der Waals surface area contributed by atoms with E-state index >= 15 is 0 Å². The lowest BCUT2D eigenvalue weighted by Gasteiger charge is -2.28. The summed E-state index contributed by atoms with van der Waals surface area (Å²) in [4.78, 5) is 15.8. The minimum absolute atomic E-state index is 0.0921. The third kappa shape index (κ3) is 5.08. The van der Waals surface area contributed by atoms with Crippen molar-refractivity contribution in [1.29, 1.82) is 0 Å². The average molecular weight is 466 g/mol. The number of anilines is 1. The first kappa shape index (κ1) is 22.4. The zero-order chi connectivity index (χ0) is 23.3. The predicted octanol–water partition coefficient (Wildman–Crippen LogP) is 7.08. The summed E-state index contributed by atoms with van der Waals surface area (Å²) in [5.41, 5.74) is 7.95. The highest BCUT2D eigenvalue weighted by Gasteiger charge is 2.27. The van der Waals surface area contributed by atoms with Gasteiger partial charge in [-0.15, -0.1) is 11.6 Å². The van der Waals surface area contributed by atoms with Crippen LogP contribution in [0.2, 0.25) is 0 Å². The SMILES string of the molecule is O=C(C(Cl)c1ccccc1)N(Cc1ccccc1)c1cc2ccc1CCc1ccc(cc1)CC2. The van der Waals surface area contributed by atoms with E-state index in [1.165, 1.54) is 22.3 Å². The molecule has 1 amide bonds. The van der Waals surface area contributed by atoms with E-state index in [0.29, 0.717) is 6.54 Å². The smallest absolute Gasteiger partial charge is 0.249 e. The Labute approximate surface area is 206 Å². The van der Waals surface area contributed by atoms with Crippen molar-refractivity contribution < 1.29 is 4.79 Å². The van der Waals surface area contributed by atoms with Crippen LogP contribution in [0.15, 0.2) is 103 Å². The Morgan fingerprint density at radius 3 is 1.94 bits per heavy atom. The van der Waals surface area contributed by atoms with Gasteiger partial charge < -0.3 is 4.90 Å². The van der Waals surface area contributed by atoms with Gasteiger partial charge in [0.05, 0.1) is 6.54 Å². The summed E-state index contributed by atoms with van der Waals surface area (Å²) in [6.07, 6.45) is 3.71. The molecule has 0 saturated carbocycles. The number of aryl methyl sites for hydroxylation is 4. The normalized spacial score (nSPS) is 13.7. The Morgan fingerprint density at radius 1 is 0.706 bits per heavy atom. The van der Waals surface area contributed by atoms with Crippen molar-refractivity contribution >= 4 is 23.2 Å². The van der Waals surface area contributed by atoms with E-state index in [1.54, 1.807) is 0 Å². The molecule has 0 aromatic heterocycles. The summed E-state index contributed by atoms with van der Waals surface area (Å²) < 4.78 is 0. The van der Waals surface area contributed by atoms with Crippen molar-refractivity contribution in [2.24, 2.45) is 0 Å². The van der Waals surface area contributed by atoms with E-state index in [9.17, 15) is 4.79 Å². The van der Waals surface area contributed by atoms with Crippen molar-refractivity contribution in [1.82, 2.24) is 0 Å². The van der Waals surface area contributed by atoms with Crippen molar-refractivity contribution in [3.63, 3.8) is 0 Å². The van der Waals surface area contributed by atoms with Crippen LogP contribution in [0.25, 0.3) is 0 Å². The zero-order valence-electron chi connectivity index (χ0n) is 19.2.